The number of hydrogen-bond donors (Lipinski definition) is 5. The van der Waals surface area contributed by atoms with Crippen molar-refractivity contribution in [2.75, 3.05) is 6.61 Å². The molecule has 2 heterocycles. The zero-order chi connectivity index (χ0) is 18.9. The third-order valence-corrected chi connectivity index (χ3v) is 9.12. The standard InChI is InChI=1S/C20H30O6/c1-9-10-4-5-11-18-8-26-20(25,19(11,14(9)22)15(10)23)16(24)13(18)17(2,3)7-6-12(18)21/h10-16,21-25H,1,4-8H2,2-3H3/t10-,11-,12-,13+,14+,15?,16-,18+,19-,20+/m0/s1. The minimum Gasteiger partial charge on any atom is -0.392 e. The summed E-state index contributed by atoms with van der Waals surface area (Å²) in [5.41, 5.74) is -2.01. The van der Waals surface area contributed by atoms with Crippen molar-refractivity contribution in [1.82, 2.24) is 0 Å². The molecule has 2 aliphatic heterocycles. The van der Waals surface area contributed by atoms with Crippen LogP contribution in [0.5, 0.6) is 0 Å². The zero-order valence-electron chi connectivity index (χ0n) is 15.4. The Balaban J connectivity index is 1.80. The SMILES string of the molecule is C=C1[C@@H](O)[C@]23C(O)[C@H]1CC[C@H]2[C@@]12CO[C@]3(O)[C@@H](O)[C@@H]1C(C)(C)CC[C@@H]2O. The van der Waals surface area contributed by atoms with Gasteiger partial charge >= 0.3 is 0 Å². The third kappa shape index (κ3) is 1.45. The first kappa shape index (κ1) is 17.6. The first-order valence-electron chi connectivity index (χ1n) is 9.84. The van der Waals surface area contributed by atoms with Crippen molar-refractivity contribution in [3.8, 4) is 0 Å². The van der Waals surface area contributed by atoms with Gasteiger partial charge in [0.25, 0.3) is 0 Å². The molecule has 5 N–H and O–H groups in total. The molecule has 2 spiro atoms. The summed E-state index contributed by atoms with van der Waals surface area (Å²) in [6, 6.07) is 0. The molecule has 0 aromatic rings. The molecule has 26 heavy (non-hydrogen) atoms. The average Bonchev–Trinajstić information content (AvgIpc) is 2.69. The summed E-state index contributed by atoms with van der Waals surface area (Å²) >= 11 is 0. The second-order valence-electron chi connectivity index (χ2n) is 10.2. The van der Waals surface area contributed by atoms with E-state index in [1.807, 2.05) is 0 Å². The van der Waals surface area contributed by atoms with Crippen LogP contribution in [0.2, 0.25) is 0 Å². The molecule has 0 amide bonds. The molecule has 4 aliphatic carbocycles. The number of rotatable bonds is 0. The minimum atomic E-state index is -2.05. The monoisotopic (exact) mass is 366 g/mol. The summed E-state index contributed by atoms with van der Waals surface area (Å²) < 4.78 is 5.86. The van der Waals surface area contributed by atoms with Crippen molar-refractivity contribution in [2.24, 2.45) is 34.0 Å². The molecule has 0 aromatic heterocycles. The average molecular weight is 366 g/mol. The fourth-order valence-electron chi connectivity index (χ4n) is 8.15. The second-order valence-corrected chi connectivity index (χ2v) is 10.2. The Kier molecular flexibility index (Phi) is 3.20. The van der Waals surface area contributed by atoms with Gasteiger partial charge in [-0.15, -0.1) is 0 Å². The molecule has 6 nitrogen and oxygen atoms in total. The van der Waals surface area contributed by atoms with Gasteiger partial charge in [-0.3, -0.25) is 0 Å². The van der Waals surface area contributed by atoms with Gasteiger partial charge in [0, 0.05) is 17.3 Å². The molecule has 6 fully saturated rings. The van der Waals surface area contributed by atoms with E-state index in [1.165, 1.54) is 0 Å². The van der Waals surface area contributed by atoms with Crippen molar-refractivity contribution in [3.63, 3.8) is 0 Å². The molecular formula is C20H30O6. The number of aliphatic hydroxyl groups excluding tert-OH is 4. The molecular weight excluding hydrogens is 336 g/mol. The van der Waals surface area contributed by atoms with Crippen LogP contribution in [0.25, 0.3) is 0 Å². The van der Waals surface area contributed by atoms with E-state index in [4.69, 9.17) is 4.74 Å². The Morgan fingerprint density at radius 3 is 2.42 bits per heavy atom. The van der Waals surface area contributed by atoms with Gasteiger partial charge in [-0.25, -0.2) is 0 Å². The fraction of sp³-hybridized carbons (Fsp3) is 0.900. The van der Waals surface area contributed by atoms with Crippen molar-refractivity contribution in [2.45, 2.75) is 69.7 Å². The highest BCUT2D eigenvalue weighted by atomic mass is 16.6. The van der Waals surface area contributed by atoms with Gasteiger partial charge in [0.05, 0.1) is 30.3 Å². The van der Waals surface area contributed by atoms with Gasteiger partial charge in [0.1, 0.15) is 6.10 Å². The number of hydrogen-bond acceptors (Lipinski definition) is 6. The van der Waals surface area contributed by atoms with Crippen LogP contribution in [0.1, 0.15) is 39.5 Å². The largest absolute Gasteiger partial charge is 0.392 e. The Bertz CT molecular complexity index is 677. The number of ether oxygens (including phenoxy) is 1. The maximum atomic E-state index is 11.7. The Morgan fingerprint density at radius 2 is 1.73 bits per heavy atom. The summed E-state index contributed by atoms with van der Waals surface area (Å²) in [6.07, 6.45) is -1.53. The lowest BCUT2D eigenvalue weighted by molar-refractivity contribution is -0.476. The van der Waals surface area contributed by atoms with Crippen molar-refractivity contribution < 1.29 is 30.3 Å². The van der Waals surface area contributed by atoms with Gasteiger partial charge in [0.2, 0.25) is 5.79 Å². The van der Waals surface area contributed by atoms with Crippen LogP contribution in [0.3, 0.4) is 0 Å². The van der Waals surface area contributed by atoms with Crippen LogP contribution in [0.4, 0.5) is 0 Å². The molecule has 146 valence electrons. The van der Waals surface area contributed by atoms with Crippen LogP contribution in [0, 0.1) is 34.0 Å². The van der Waals surface area contributed by atoms with Crippen LogP contribution in [-0.4, -0.2) is 62.3 Å². The predicted octanol–water partition coefficient (Wildman–Crippen LogP) is 0.167. The lowest BCUT2D eigenvalue weighted by Gasteiger charge is -2.75. The van der Waals surface area contributed by atoms with Crippen molar-refractivity contribution in [3.05, 3.63) is 12.2 Å². The van der Waals surface area contributed by atoms with Gasteiger partial charge in [-0.2, -0.15) is 0 Å². The maximum absolute atomic E-state index is 11.7. The smallest absolute Gasteiger partial charge is 0.203 e. The minimum absolute atomic E-state index is 0.138. The first-order chi connectivity index (χ1) is 12.1. The molecule has 10 atom stereocenters. The summed E-state index contributed by atoms with van der Waals surface area (Å²) in [5.74, 6) is -3.06. The van der Waals surface area contributed by atoms with Crippen molar-refractivity contribution >= 4 is 0 Å². The number of aliphatic hydroxyl groups is 5. The molecule has 1 unspecified atom stereocenters. The van der Waals surface area contributed by atoms with E-state index in [-0.39, 0.29) is 29.8 Å². The Morgan fingerprint density at radius 1 is 1.04 bits per heavy atom. The number of fused-ring (bicyclic) bond motifs is 2. The Hall–Kier alpha value is -0.500. The normalized spacial score (nSPS) is 62.7. The molecule has 4 saturated carbocycles. The lowest BCUT2D eigenvalue weighted by Crippen LogP contribution is -2.86. The summed E-state index contributed by atoms with van der Waals surface area (Å²) in [4.78, 5) is 0. The fourth-order valence-corrected chi connectivity index (χ4v) is 8.15. The second kappa shape index (κ2) is 4.73. The van der Waals surface area contributed by atoms with Gasteiger partial charge < -0.3 is 30.3 Å². The highest BCUT2D eigenvalue weighted by molar-refractivity contribution is 5.37. The van der Waals surface area contributed by atoms with Gasteiger partial charge in [-0.1, -0.05) is 20.4 Å². The molecule has 2 saturated heterocycles. The van der Waals surface area contributed by atoms with E-state index in [9.17, 15) is 25.5 Å². The topological polar surface area (TPSA) is 110 Å². The van der Waals surface area contributed by atoms with E-state index in [0.717, 1.165) is 6.42 Å². The molecule has 4 bridgehead atoms. The molecule has 0 radical (unpaired) electrons. The molecule has 0 aromatic carbocycles. The highest BCUT2D eigenvalue weighted by Crippen LogP contribution is 2.77. The molecule has 6 heteroatoms. The summed E-state index contributed by atoms with van der Waals surface area (Å²) in [5, 5.41) is 56.5. The Labute approximate surface area is 153 Å². The van der Waals surface area contributed by atoms with Crippen LogP contribution >= 0.6 is 0 Å². The molecule has 6 aliphatic rings. The predicted molar refractivity (Wildman–Crippen MR) is 91.7 cm³/mol. The van der Waals surface area contributed by atoms with E-state index >= 15 is 0 Å². The van der Waals surface area contributed by atoms with Gasteiger partial charge in [0.15, 0.2) is 0 Å². The van der Waals surface area contributed by atoms with Gasteiger partial charge in [-0.05, 0) is 42.6 Å². The quantitative estimate of drug-likeness (QED) is 0.391. The van der Waals surface area contributed by atoms with Crippen LogP contribution in [0.15, 0.2) is 12.2 Å². The van der Waals surface area contributed by atoms with Crippen molar-refractivity contribution in [1.29, 1.82) is 0 Å². The van der Waals surface area contributed by atoms with E-state index in [2.05, 4.69) is 20.4 Å². The summed E-state index contributed by atoms with van der Waals surface area (Å²) in [6.45, 7) is 8.25. The van der Waals surface area contributed by atoms with E-state index in [1.54, 1.807) is 0 Å². The zero-order valence-corrected chi connectivity index (χ0v) is 15.4. The lowest BCUT2D eigenvalue weighted by atomic mass is 9.35. The van der Waals surface area contributed by atoms with E-state index < -0.39 is 41.0 Å². The van der Waals surface area contributed by atoms with Crippen LogP contribution in [-0.2, 0) is 4.74 Å². The maximum Gasteiger partial charge on any atom is 0.203 e. The highest BCUT2D eigenvalue weighted by Gasteiger charge is 2.86. The summed E-state index contributed by atoms with van der Waals surface area (Å²) in [7, 11) is 0. The van der Waals surface area contributed by atoms with Crippen LogP contribution < -0.4 is 0 Å². The first-order valence-corrected chi connectivity index (χ1v) is 9.84. The molecule has 6 rings (SSSR count). The van der Waals surface area contributed by atoms with E-state index in [0.29, 0.717) is 24.8 Å². The third-order valence-electron chi connectivity index (χ3n) is 9.12.